The smallest absolute Gasteiger partial charge is 0.352 e. The maximum atomic E-state index is 13.2. The number of likely N-dealkylation sites (N-methyl/N-ethyl adjacent to an activating group) is 1. The van der Waals surface area contributed by atoms with Gasteiger partial charge in [0.2, 0.25) is 0 Å². The van der Waals surface area contributed by atoms with Crippen LogP contribution in [0.25, 0.3) is 27.7 Å². The van der Waals surface area contributed by atoms with E-state index in [0.29, 0.717) is 24.5 Å². The van der Waals surface area contributed by atoms with Crippen LogP contribution in [0.4, 0.5) is 0 Å². The van der Waals surface area contributed by atoms with Gasteiger partial charge >= 0.3 is 5.97 Å². The standard InChI is InChI=1S/C34H39N3O4/c1-33(2,3)26-10-7-23(8-11-26)24-9-16-29-25(21-24)22-30(31(38)39)37(29)27-12-14-28(15-13-27)41-34(4,5)32(40)36-19-17-35(6)18-20-36/h7-16,21-22H,17-20H2,1-6H3,(H,38,39). The van der Waals surface area contributed by atoms with Crippen LogP contribution in [-0.4, -0.2) is 70.2 Å². The predicted molar refractivity (Wildman–Crippen MR) is 163 cm³/mol. The van der Waals surface area contributed by atoms with Gasteiger partial charge in [0.25, 0.3) is 5.91 Å². The molecule has 0 unspecified atom stereocenters. The number of aromatic nitrogens is 1. The Bertz CT molecular complexity index is 1570. The van der Waals surface area contributed by atoms with E-state index in [-0.39, 0.29) is 17.0 Å². The van der Waals surface area contributed by atoms with Crippen molar-refractivity contribution in [3.05, 3.63) is 84.1 Å². The Morgan fingerprint density at radius 1 is 0.780 bits per heavy atom. The Morgan fingerprint density at radius 3 is 1.98 bits per heavy atom. The Balaban J connectivity index is 1.41. The van der Waals surface area contributed by atoms with Gasteiger partial charge in [-0.05, 0) is 85.5 Å². The highest BCUT2D eigenvalue weighted by molar-refractivity contribution is 5.97. The van der Waals surface area contributed by atoms with Gasteiger partial charge in [-0.2, -0.15) is 0 Å². The van der Waals surface area contributed by atoms with Crippen LogP contribution in [0, 0.1) is 0 Å². The lowest BCUT2D eigenvalue weighted by Gasteiger charge is -2.37. The van der Waals surface area contributed by atoms with E-state index in [0.717, 1.165) is 35.1 Å². The van der Waals surface area contributed by atoms with Gasteiger partial charge in [-0.25, -0.2) is 4.79 Å². The number of benzene rings is 3. The molecular formula is C34H39N3O4. The number of ether oxygens (including phenoxy) is 1. The molecule has 214 valence electrons. The maximum Gasteiger partial charge on any atom is 0.352 e. The molecule has 7 nitrogen and oxygen atoms in total. The number of carboxylic acid groups (broad SMARTS) is 1. The fraction of sp³-hybridized carbons (Fsp3) is 0.353. The van der Waals surface area contributed by atoms with Crippen molar-refractivity contribution in [3.8, 4) is 22.6 Å². The quantitative estimate of drug-likeness (QED) is 0.307. The summed E-state index contributed by atoms with van der Waals surface area (Å²) in [6.45, 7) is 13.2. The number of carbonyl (C=O) groups excluding carboxylic acids is 1. The zero-order chi connectivity index (χ0) is 29.5. The van der Waals surface area contributed by atoms with E-state index >= 15 is 0 Å². The molecule has 1 aliphatic heterocycles. The molecule has 3 aromatic carbocycles. The SMILES string of the molecule is CN1CCN(C(=O)C(C)(C)Oc2ccc(-n3c(C(=O)O)cc4cc(-c5ccc(C(C)(C)C)cc5)ccc43)cc2)CC1. The minimum absolute atomic E-state index is 0.0388. The number of rotatable bonds is 6. The van der Waals surface area contributed by atoms with E-state index in [1.54, 1.807) is 36.6 Å². The second-order valence-electron chi connectivity index (χ2n) is 12.5. The van der Waals surface area contributed by atoms with Gasteiger partial charge in [-0.3, -0.25) is 4.79 Å². The zero-order valence-corrected chi connectivity index (χ0v) is 24.8. The number of carbonyl (C=O) groups is 2. The van der Waals surface area contributed by atoms with Gasteiger partial charge in [0.15, 0.2) is 5.60 Å². The third-order valence-corrected chi connectivity index (χ3v) is 7.88. The molecule has 0 aliphatic carbocycles. The van der Waals surface area contributed by atoms with Crippen LogP contribution in [0.1, 0.15) is 50.7 Å². The second kappa shape index (κ2) is 10.7. The molecule has 1 fully saturated rings. The first-order chi connectivity index (χ1) is 19.3. The van der Waals surface area contributed by atoms with Crippen molar-refractivity contribution in [2.24, 2.45) is 0 Å². The van der Waals surface area contributed by atoms with Gasteiger partial charge in [0, 0.05) is 37.3 Å². The van der Waals surface area contributed by atoms with Crippen molar-refractivity contribution in [1.82, 2.24) is 14.4 Å². The molecule has 0 radical (unpaired) electrons. The highest BCUT2D eigenvalue weighted by Crippen LogP contribution is 2.32. The Labute approximate surface area is 242 Å². The molecule has 0 spiro atoms. The third-order valence-electron chi connectivity index (χ3n) is 7.88. The number of hydrogen-bond acceptors (Lipinski definition) is 4. The van der Waals surface area contributed by atoms with Crippen LogP contribution in [0.5, 0.6) is 5.75 Å². The maximum absolute atomic E-state index is 13.2. The monoisotopic (exact) mass is 553 g/mol. The van der Waals surface area contributed by atoms with E-state index in [9.17, 15) is 14.7 Å². The summed E-state index contributed by atoms with van der Waals surface area (Å²) in [7, 11) is 2.05. The lowest BCUT2D eigenvalue weighted by Crippen LogP contribution is -2.55. The molecule has 1 aliphatic rings. The fourth-order valence-corrected chi connectivity index (χ4v) is 5.39. The third kappa shape index (κ3) is 5.86. The number of aromatic carboxylic acids is 1. The summed E-state index contributed by atoms with van der Waals surface area (Å²) in [4.78, 5) is 29.5. The Morgan fingerprint density at radius 2 is 1.39 bits per heavy atom. The largest absolute Gasteiger partial charge is 0.478 e. The summed E-state index contributed by atoms with van der Waals surface area (Å²) in [5.74, 6) is -0.491. The van der Waals surface area contributed by atoms with Gasteiger partial charge in [0.05, 0.1) is 5.52 Å². The van der Waals surface area contributed by atoms with Gasteiger partial charge in [-0.1, -0.05) is 51.1 Å². The molecule has 7 heteroatoms. The lowest BCUT2D eigenvalue weighted by molar-refractivity contribution is -0.147. The number of nitrogens with zero attached hydrogens (tertiary/aromatic N) is 3. The normalized spacial score (nSPS) is 14.8. The van der Waals surface area contributed by atoms with E-state index in [4.69, 9.17) is 4.74 Å². The number of hydrogen-bond donors (Lipinski definition) is 1. The zero-order valence-electron chi connectivity index (χ0n) is 24.8. The molecule has 0 saturated carbocycles. The molecule has 0 bridgehead atoms. The summed E-state index contributed by atoms with van der Waals surface area (Å²) < 4.78 is 7.89. The molecule has 0 atom stereocenters. The van der Waals surface area contributed by atoms with Crippen molar-refractivity contribution < 1.29 is 19.4 Å². The highest BCUT2D eigenvalue weighted by atomic mass is 16.5. The number of carboxylic acids is 1. The van der Waals surface area contributed by atoms with Crippen molar-refractivity contribution in [2.45, 2.75) is 45.6 Å². The average Bonchev–Trinajstić information content (AvgIpc) is 3.32. The summed E-state index contributed by atoms with van der Waals surface area (Å²) in [6, 6.07) is 23.5. The molecular weight excluding hydrogens is 514 g/mol. The lowest BCUT2D eigenvalue weighted by atomic mass is 9.86. The molecule has 1 aromatic heterocycles. The number of fused-ring (bicyclic) bond motifs is 1. The van der Waals surface area contributed by atoms with Crippen molar-refractivity contribution in [1.29, 1.82) is 0 Å². The predicted octanol–water partition coefficient (Wildman–Crippen LogP) is 6.22. The summed E-state index contributed by atoms with van der Waals surface area (Å²) in [5, 5.41) is 10.9. The van der Waals surface area contributed by atoms with E-state index in [2.05, 4.69) is 57.0 Å². The summed E-state index contributed by atoms with van der Waals surface area (Å²) in [6.07, 6.45) is 0. The molecule has 1 amide bonds. The molecule has 2 heterocycles. The summed E-state index contributed by atoms with van der Waals surface area (Å²) in [5.41, 5.74) is 4.12. The molecule has 1 N–H and O–H groups in total. The van der Waals surface area contributed by atoms with E-state index in [1.807, 2.05) is 35.2 Å². The molecule has 1 saturated heterocycles. The minimum atomic E-state index is -1.02. The van der Waals surface area contributed by atoms with Gasteiger partial charge in [0.1, 0.15) is 11.4 Å². The number of amides is 1. The average molecular weight is 554 g/mol. The fourth-order valence-electron chi connectivity index (χ4n) is 5.39. The van der Waals surface area contributed by atoms with Crippen LogP contribution in [0.15, 0.2) is 72.8 Å². The molecule has 41 heavy (non-hydrogen) atoms. The van der Waals surface area contributed by atoms with E-state index in [1.165, 1.54) is 5.56 Å². The Hall–Kier alpha value is -4.10. The highest BCUT2D eigenvalue weighted by Gasteiger charge is 2.35. The van der Waals surface area contributed by atoms with Gasteiger partial charge in [-0.15, -0.1) is 0 Å². The van der Waals surface area contributed by atoms with Crippen molar-refractivity contribution >= 4 is 22.8 Å². The second-order valence-corrected chi connectivity index (χ2v) is 12.5. The van der Waals surface area contributed by atoms with Crippen molar-refractivity contribution in [3.63, 3.8) is 0 Å². The van der Waals surface area contributed by atoms with Crippen molar-refractivity contribution in [2.75, 3.05) is 33.2 Å². The summed E-state index contributed by atoms with van der Waals surface area (Å²) >= 11 is 0. The first-order valence-electron chi connectivity index (χ1n) is 14.1. The van der Waals surface area contributed by atoms with Crippen LogP contribution < -0.4 is 4.74 Å². The minimum Gasteiger partial charge on any atom is -0.478 e. The van der Waals surface area contributed by atoms with E-state index < -0.39 is 11.6 Å². The Kier molecular flexibility index (Phi) is 7.43. The van der Waals surface area contributed by atoms with Crippen LogP contribution in [0.3, 0.4) is 0 Å². The number of piperazine rings is 1. The van der Waals surface area contributed by atoms with Crippen LogP contribution in [-0.2, 0) is 10.2 Å². The molecule has 4 aromatic rings. The first kappa shape index (κ1) is 28.4. The molecule has 5 rings (SSSR count). The first-order valence-corrected chi connectivity index (χ1v) is 14.1. The van der Waals surface area contributed by atoms with Crippen LogP contribution in [0.2, 0.25) is 0 Å². The van der Waals surface area contributed by atoms with Crippen LogP contribution >= 0.6 is 0 Å². The van der Waals surface area contributed by atoms with Gasteiger partial charge < -0.3 is 24.2 Å². The topological polar surface area (TPSA) is 75.0 Å².